The first-order valence-corrected chi connectivity index (χ1v) is 18.3. The minimum absolute atomic E-state index is 0.0440. The summed E-state index contributed by atoms with van der Waals surface area (Å²) in [5, 5.41) is 3.83. The zero-order valence-electron chi connectivity index (χ0n) is 32.1. The van der Waals surface area contributed by atoms with Crippen LogP contribution >= 0.6 is 0 Å². The van der Waals surface area contributed by atoms with Crippen LogP contribution in [0.25, 0.3) is 0 Å². The van der Waals surface area contributed by atoms with E-state index in [9.17, 15) is 0 Å². The highest BCUT2D eigenvalue weighted by Crippen LogP contribution is 2.44. The average molecular weight is 643 g/mol. The van der Waals surface area contributed by atoms with E-state index in [1.54, 1.807) is 0 Å². The van der Waals surface area contributed by atoms with Crippen molar-refractivity contribution in [2.75, 3.05) is 10.2 Å². The predicted molar refractivity (Wildman–Crippen MR) is 211 cm³/mol. The molecule has 3 aromatic rings. The summed E-state index contributed by atoms with van der Waals surface area (Å²) in [4.78, 5) is 2.65. The quantitative estimate of drug-likeness (QED) is 0.269. The van der Waals surface area contributed by atoms with Crippen LogP contribution in [0.5, 0.6) is 0 Å². The van der Waals surface area contributed by atoms with Gasteiger partial charge in [-0.2, -0.15) is 0 Å². The van der Waals surface area contributed by atoms with Crippen molar-refractivity contribution in [1.82, 2.24) is 0 Å². The van der Waals surface area contributed by atoms with E-state index in [1.165, 1.54) is 64.2 Å². The minimum Gasteiger partial charge on any atom is -0.356 e. The second-order valence-corrected chi connectivity index (χ2v) is 18.4. The topological polar surface area (TPSA) is 15.3 Å². The van der Waals surface area contributed by atoms with Crippen molar-refractivity contribution in [3.05, 3.63) is 125 Å². The van der Waals surface area contributed by atoms with Crippen LogP contribution in [0.4, 0.5) is 17.1 Å². The van der Waals surface area contributed by atoms with Crippen LogP contribution in [0, 0.1) is 5.41 Å². The van der Waals surface area contributed by atoms with Crippen molar-refractivity contribution in [1.29, 1.82) is 0 Å². The van der Waals surface area contributed by atoms with Gasteiger partial charge >= 0.3 is 0 Å². The Morgan fingerprint density at radius 2 is 1.21 bits per heavy atom. The summed E-state index contributed by atoms with van der Waals surface area (Å²) in [5.74, 6) is 0.413. The maximum Gasteiger partial charge on any atom is 0.0582 e. The van der Waals surface area contributed by atoms with E-state index < -0.39 is 0 Å². The molecule has 2 aliphatic carbocycles. The number of benzene rings is 3. The Labute approximate surface area is 293 Å². The second-order valence-electron chi connectivity index (χ2n) is 18.4. The first kappa shape index (κ1) is 35.8. The SMILES string of the molecule is CC(C)(C)C1=CC(Nc2ccc(C(C)(C)C)cc2)=CC(N(c2ccc(C(C)(C)C)cc2)c2ccc(C(C)(C)C)cc2C2C=CCCC2)C1. The summed E-state index contributed by atoms with van der Waals surface area (Å²) in [6.45, 7) is 27.8. The van der Waals surface area contributed by atoms with Crippen molar-refractivity contribution >= 4 is 17.1 Å². The molecule has 2 atom stereocenters. The number of hydrogen-bond donors (Lipinski definition) is 1. The fourth-order valence-electron chi connectivity index (χ4n) is 7.01. The molecule has 48 heavy (non-hydrogen) atoms. The number of nitrogens with zero attached hydrogens (tertiary/aromatic N) is 1. The van der Waals surface area contributed by atoms with Gasteiger partial charge in [-0.1, -0.05) is 137 Å². The van der Waals surface area contributed by atoms with Crippen LogP contribution in [0.1, 0.15) is 137 Å². The lowest BCUT2D eigenvalue weighted by Gasteiger charge is -2.40. The van der Waals surface area contributed by atoms with Crippen molar-refractivity contribution in [2.24, 2.45) is 5.41 Å². The van der Waals surface area contributed by atoms with Gasteiger partial charge in [0, 0.05) is 28.7 Å². The van der Waals surface area contributed by atoms with Crippen LogP contribution < -0.4 is 10.2 Å². The Balaban J connectivity index is 1.67. The highest BCUT2D eigenvalue weighted by Gasteiger charge is 2.32. The van der Waals surface area contributed by atoms with Gasteiger partial charge in [-0.15, -0.1) is 0 Å². The van der Waals surface area contributed by atoms with Crippen molar-refractivity contribution in [2.45, 2.75) is 137 Å². The molecule has 0 aliphatic heterocycles. The van der Waals surface area contributed by atoms with Gasteiger partial charge in [-0.3, -0.25) is 0 Å². The smallest absolute Gasteiger partial charge is 0.0582 e. The molecule has 0 aromatic heterocycles. The van der Waals surface area contributed by atoms with Crippen molar-refractivity contribution < 1.29 is 0 Å². The highest BCUT2D eigenvalue weighted by molar-refractivity contribution is 5.71. The summed E-state index contributed by atoms with van der Waals surface area (Å²) < 4.78 is 0. The van der Waals surface area contributed by atoms with Gasteiger partial charge in [0.1, 0.15) is 0 Å². The molecular formula is C46H62N2. The fourth-order valence-corrected chi connectivity index (χ4v) is 7.01. The molecule has 5 rings (SSSR count). The first-order valence-electron chi connectivity index (χ1n) is 18.3. The molecule has 3 aromatic carbocycles. The highest BCUT2D eigenvalue weighted by atomic mass is 15.2. The molecule has 0 amide bonds. The van der Waals surface area contributed by atoms with Gasteiger partial charge in [0.25, 0.3) is 0 Å². The minimum atomic E-state index is 0.0440. The number of allylic oxidation sites excluding steroid dienone is 3. The molecule has 1 N–H and O–H groups in total. The van der Waals surface area contributed by atoms with Gasteiger partial charge in [-0.25, -0.2) is 0 Å². The Hall–Kier alpha value is -3.52. The fraction of sp³-hybridized carbons (Fsp3) is 0.478. The third-order valence-corrected chi connectivity index (χ3v) is 10.3. The summed E-state index contributed by atoms with van der Waals surface area (Å²) in [6.07, 6.45) is 14.3. The molecule has 2 heteroatoms. The Bertz CT molecular complexity index is 1650. The Morgan fingerprint density at radius 3 is 1.73 bits per heavy atom. The first-order chi connectivity index (χ1) is 22.3. The van der Waals surface area contributed by atoms with E-state index in [-0.39, 0.29) is 27.7 Å². The van der Waals surface area contributed by atoms with Crippen molar-refractivity contribution in [3.63, 3.8) is 0 Å². The van der Waals surface area contributed by atoms with E-state index in [2.05, 4.69) is 184 Å². The van der Waals surface area contributed by atoms with Crippen LogP contribution in [-0.4, -0.2) is 6.04 Å². The van der Waals surface area contributed by atoms with Crippen LogP contribution in [0.2, 0.25) is 0 Å². The van der Waals surface area contributed by atoms with Gasteiger partial charge in [0.05, 0.1) is 6.04 Å². The third-order valence-electron chi connectivity index (χ3n) is 10.3. The molecule has 2 unspecified atom stereocenters. The lowest BCUT2D eigenvalue weighted by molar-refractivity contribution is 0.469. The summed E-state index contributed by atoms with van der Waals surface area (Å²) in [7, 11) is 0. The van der Waals surface area contributed by atoms with Gasteiger partial charge in [0.15, 0.2) is 0 Å². The molecule has 0 heterocycles. The maximum absolute atomic E-state index is 3.83. The predicted octanol–water partition coefficient (Wildman–Crippen LogP) is 13.3. The van der Waals surface area contributed by atoms with Crippen LogP contribution in [0.15, 0.2) is 102 Å². The lowest BCUT2D eigenvalue weighted by atomic mass is 9.78. The number of anilines is 3. The molecule has 0 radical (unpaired) electrons. The average Bonchev–Trinajstić information content (AvgIpc) is 3.00. The molecule has 0 saturated carbocycles. The largest absolute Gasteiger partial charge is 0.356 e. The molecule has 0 saturated heterocycles. The summed E-state index contributed by atoms with van der Waals surface area (Å²) in [5.41, 5.74) is 12.2. The van der Waals surface area contributed by atoms with Gasteiger partial charge in [0.2, 0.25) is 0 Å². The summed E-state index contributed by atoms with van der Waals surface area (Å²) >= 11 is 0. The Kier molecular flexibility index (Phi) is 10.00. The molecule has 2 aliphatic rings. The number of hydrogen-bond acceptors (Lipinski definition) is 2. The number of rotatable bonds is 6. The van der Waals surface area contributed by atoms with Crippen LogP contribution in [-0.2, 0) is 16.2 Å². The lowest BCUT2D eigenvalue weighted by Crippen LogP contribution is -2.35. The zero-order chi connectivity index (χ0) is 35.1. The van der Waals surface area contributed by atoms with Gasteiger partial charge < -0.3 is 10.2 Å². The van der Waals surface area contributed by atoms with E-state index >= 15 is 0 Å². The van der Waals surface area contributed by atoms with E-state index in [1.807, 2.05) is 0 Å². The van der Waals surface area contributed by atoms with E-state index in [0.717, 1.165) is 12.1 Å². The second kappa shape index (κ2) is 13.4. The molecule has 2 nitrogen and oxygen atoms in total. The number of nitrogens with one attached hydrogen (secondary N) is 1. The third kappa shape index (κ3) is 8.36. The molecule has 0 bridgehead atoms. The maximum atomic E-state index is 3.83. The molecular weight excluding hydrogens is 581 g/mol. The normalized spacial score (nSPS) is 19.1. The molecule has 0 fully saturated rings. The monoisotopic (exact) mass is 642 g/mol. The Morgan fingerprint density at radius 1 is 0.646 bits per heavy atom. The van der Waals surface area contributed by atoms with Crippen molar-refractivity contribution in [3.8, 4) is 0 Å². The standard InChI is InChI=1S/C46H62N2/c1-43(2,3)33-18-23-37(24-19-33)47-38-28-36(46(10,11)12)29-40(31-38)48(39-25-20-34(21-26-39)44(4,5)6)42-27-22-35(45(7,8)9)30-41(42)32-16-14-13-15-17-32/h14,16,18-28,30-32,40,47H,13,15,17,29H2,1-12H3. The van der Waals surface area contributed by atoms with E-state index in [4.69, 9.17) is 0 Å². The van der Waals surface area contributed by atoms with Crippen LogP contribution in [0.3, 0.4) is 0 Å². The molecule has 0 spiro atoms. The van der Waals surface area contributed by atoms with E-state index in [0.29, 0.717) is 5.92 Å². The summed E-state index contributed by atoms with van der Waals surface area (Å²) in [6, 6.07) is 25.9. The zero-order valence-corrected chi connectivity index (χ0v) is 32.1. The molecule has 256 valence electrons. The van der Waals surface area contributed by atoms with Gasteiger partial charge in [-0.05, 0) is 112 Å².